The van der Waals surface area contributed by atoms with E-state index >= 15 is 0 Å². The summed E-state index contributed by atoms with van der Waals surface area (Å²) in [6.07, 6.45) is 0. The lowest BCUT2D eigenvalue weighted by Crippen LogP contribution is -2.32. The Hall–Kier alpha value is -1.63. The normalized spacial score (nSPS) is 10.3. The van der Waals surface area contributed by atoms with Gasteiger partial charge in [0.05, 0.1) is 18.1 Å². The molecule has 0 radical (unpaired) electrons. The Morgan fingerprint density at radius 2 is 1.85 bits per heavy atom. The number of carboxylic acids is 1. The number of rotatable bonds is 7. The number of nitrogens with zero attached hydrogens (tertiary/aromatic N) is 1. The van der Waals surface area contributed by atoms with Gasteiger partial charge in [-0.05, 0) is 19.1 Å². The van der Waals surface area contributed by atoms with Gasteiger partial charge in [-0.25, -0.2) is 8.78 Å². The van der Waals surface area contributed by atoms with Crippen molar-refractivity contribution in [3.8, 4) is 0 Å². The highest BCUT2D eigenvalue weighted by atomic mass is 32.2. The molecule has 1 aromatic rings. The third kappa shape index (κ3) is 4.80. The SMILES string of the molecule is CCN(Cc1c(F)cccc1F)C(=O)CSCC(=O)O. The van der Waals surface area contributed by atoms with Crippen molar-refractivity contribution in [3.05, 3.63) is 35.4 Å². The quantitative estimate of drug-likeness (QED) is 0.838. The highest BCUT2D eigenvalue weighted by Crippen LogP contribution is 2.15. The molecule has 0 saturated heterocycles. The van der Waals surface area contributed by atoms with E-state index in [4.69, 9.17) is 5.11 Å². The first-order valence-electron chi connectivity index (χ1n) is 5.96. The Balaban J connectivity index is 2.67. The lowest BCUT2D eigenvalue weighted by atomic mass is 10.2. The van der Waals surface area contributed by atoms with Crippen LogP contribution in [0.5, 0.6) is 0 Å². The summed E-state index contributed by atoms with van der Waals surface area (Å²) >= 11 is 0.954. The molecular weight excluding hydrogens is 288 g/mol. The molecule has 0 fully saturated rings. The van der Waals surface area contributed by atoms with E-state index in [1.165, 1.54) is 11.0 Å². The summed E-state index contributed by atoms with van der Waals surface area (Å²) in [5.74, 6) is -2.97. The third-order valence-corrected chi connectivity index (χ3v) is 3.50. The largest absolute Gasteiger partial charge is 0.481 e. The molecular formula is C13H15F2NO3S. The molecule has 0 aliphatic rings. The van der Waals surface area contributed by atoms with Crippen molar-refractivity contribution in [2.24, 2.45) is 0 Å². The van der Waals surface area contributed by atoms with Crippen LogP contribution in [0.1, 0.15) is 12.5 Å². The molecule has 1 aromatic carbocycles. The van der Waals surface area contributed by atoms with Crippen molar-refractivity contribution in [2.45, 2.75) is 13.5 Å². The highest BCUT2D eigenvalue weighted by Gasteiger charge is 2.17. The van der Waals surface area contributed by atoms with E-state index in [1.807, 2.05) is 0 Å². The average molecular weight is 303 g/mol. The second-order valence-corrected chi connectivity index (χ2v) is 4.98. The molecule has 0 unspecified atom stereocenters. The Kier molecular flexibility index (Phi) is 6.44. The molecule has 0 aliphatic heterocycles. The fraction of sp³-hybridized carbons (Fsp3) is 0.385. The zero-order valence-electron chi connectivity index (χ0n) is 10.9. The predicted molar refractivity (Wildman–Crippen MR) is 72.4 cm³/mol. The summed E-state index contributed by atoms with van der Waals surface area (Å²) in [5.41, 5.74) is -0.161. The minimum absolute atomic E-state index is 0.0315. The molecule has 0 aromatic heterocycles. The van der Waals surface area contributed by atoms with Gasteiger partial charge in [-0.3, -0.25) is 9.59 Å². The summed E-state index contributed by atoms with van der Waals surface area (Å²) < 4.78 is 27.0. The van der Waals surface area contributed by atoms with Gasteiger partial charge in [-0.15, -0.1) is 11.8 Å². The summed E-state index contributed by atoms with van der Waals surface area (Å²) in [5, 5.41) is 8.49. The third-order valence-electron chi connectivity index (χ3n) is 2.60. The van der Waals surface area contributed by atoms with Crippen LogP contribution in [0.2, 0.25) is 0 Å². The summed E-state index contributed by atoms with van der Waals surface area (Å²) in [7, 11) is 0. The fourth-order valence-electron chi connectivity index (χ4n) is 1.57. The number of benzene rings is 1. The fourth-order valence-corrected chi connectivity index (χ4v) is 2.20. The van der Waals surface area contributed by atoms with Crippen LogP contribution in [-0.2, 0) is 16.1 Å². The van der Waals surface area contributed by atoms with Crippen molar-refractivity contribution in [1.82, 2.24) is 4.90 Å². The van der Waals surface area contributed by atoms with Gasteiger partial charge in [0.2, 0.25) is 5.91 Å². The van der Waals surface area contributed by atoms with E-state index in [9.17, 15) is 18.4 Å². The second-order valence-electron chi connectivity index (χ2n) is 3.99. The van der Waals surface area contributed by atoms with Crippen LogP contribution in [0.4, 0.5) is 8.78 Å². The molecule has 0 bridgehead atoms. The summed E-state index contributed by atoms with van der Waals surface area (Å²) in [6.45, 7) is 1.82. The molecule has 1 rings (SSSR count). The maximum Gasteiger partial charge on any atom is 0.313 e. The van der Waals surface area contributed by atoms with Crippen LogP contribution < -0.4 is 0 Å². The summed E-state index contributed by atoms with van der Waals surface area (Å²) in [4.78, 5) is 23.5. The van der Waals surface area contributed by atoms with Gasteiger partial charge in [0.25, 0.3) is 0 Å². The monoisotopic (exact) mass is 303 g/mol. The minimum Gasteiger partial charge on any atom is -0.481 e. The van der Waals surface area contributed by atoms with Crippen molar-refractivity contribution in [1.29, 1.82) is 0 Å². The van der Waals surface area contributed by atoms with E-state index in [1.54, 1.807) is 6.92 Å². The van der Waals surface area contributed by atoms with Gasteiger partial charge in [-0.2, -0.15) is 0 Å². The van der Waals surface area contributed by atoms with E-state index in [0.717, 1.165) is 23.9 Å². The molecule has 0 saturated carbocycles. The lowest BCUT2D eigenvalue weighted by molar-refractivity contribution is -0.133. The van der Waals surface area contributed by atoms with E-state index in [-0.39, 0.29) is 29.5 Å². The molecule has 1 N–H and O–H groups in total. The zero-order chi connectivity index (χ0) is 15.1. The molecule has 0 spiro atoms. The standard InChI is InChI=1S/C13H15F2NO3S/c1-2-16(12(17)7-20-8-13(18)19)6-9-10(14)4-3-5-11(9)15/h3-5H,2,6-8H2,1H3,(H,18,19). The molecule has 20 heavy (non-hydrogen) atoms. The van der Waals surface area contributed by atoms with Gasteiger partial charge in [0.1, 0.15) is 11.6 Å². The maximum atomic E-state index is 13.5. The van der Waals surface area contributed by atoms with Crippen molar-refractivity contribution >= 4 is 23.6 Å². The van der Waals surface area contributed by atoms with Crippen molar-refractivity contribution in [2.75, 3.05) is 18.1 Å². The Morgan fingerprint density at radius 3 is 2.35 bits per heavy atom. The molecule has 0 heterocycles. The average Bonchev–Trinajstić information content (AvgIpc) is 2.38. The van der Waals surface area contributed by atoms with Crippen LogP contribution in [0.15, 0.2) is 18.2 Å². The molecule has 0 aliphatic carbocycles. The predicted octanol–water partition coefficient (Wildman–Crippen LogP) is 2.13. The number of carbonyl (C=O) groups is 2. The number of aliphatic carboxylic acids is 1. The Labute approximate surface area is 119 Å². The molecule has 1 amide bonds. The highest BCUT2D eigenvalue weighted by molar-refractivity contribution is 8.00. The zero-order valence-corrected chi connectivity index (χ0v) is 11.8. The molecule has 110 valence electrons. The molecule has 0 atom stereocenters. The lowest BCUT2D eigenvalue weighted by Gasteiger charge is -2.21. The number of carboxylic acid groups (broad SMARTS) is 1. The molecule has 4 nitrogen and oxygen atoms in total. The van der Waals surface area contributed by atoms with Gasteiger partial charge in [0.15, 0.2) is 0 Å². The number of halogens is 2. The number of amides is 1. The van der Waals surface area contributed by atoms with Crippen LogP contribution in [0.25, 0.3) is 0 Å². The van der Waals surface area contributed by atoms with Crippen LogP contribution >= 0.6 is 11.8 Å². The summed E-state index contributed by atoms with van der Waals surface area (Å²) in [6, 6.07) is 3.53. The second kappa shape index (κ2) is 7.84. The van der Waals surface area contributed by atoms with Gasteiger partial charge in [-0.1, -0.05) is 6.07 Å². The first-order chi connectivity index (χ1) is 9.45. The van der Waals surface area contributed by atoms with Crippen LogP contribution in [0, 0.1) is 11.6 Å². The van der Waals surface area contributed by atoms with Crippen LogP contribution in [-0.4, -0.2) is 39.9 Å². The molecule has 7 heteroatoms. The van der Waals surface area contributed by atoms with Gasteiger partial charge in [0, 0.05) is 12.1 Å². The Morgan fingerprint density at radius 1 is 1.25 bits per heavy atom. The number of carbonyl (C=O) groups excluding carboxylic acids is 1. The first-order valence-corrected chi connectivity index (χ1v) is 7.11. The Bertz CT molecular complexity index is 476. The smallest absolute Gasteiger partial charge is 0.313 e. The minimum atomic E-state index is -1.01. The van der Waals surface area contributed by atoms with Crippen molar-refractivity contribution in [3.63, 3.8) is 0 Å². The van der Waals surface area contributed by atoms with Gasteiger partial charge < -0.3 is 10.0 Å². The topological polar surface area (TPSA) is 57.6 Å². The van der Waals surface area contributed by atoms with E-state index in [0.29, 0.717) is 6.54 Å². The van der Waals surface area contributed by atoms with E-state index in [2.05, 4.69) is 0 Å². The number of hydrogen-bond acceptors (Lipinski definition) is 3. The van der Waals surface area contributed by atoms with Crippen LogP contribution in [0.3, 0.4) is 0 Å². The maximum absolute atomic E-state index is 13.5. The van der Waals surface area contributed by atoms with E-state index < -0.39 is 17.6 Å². The number of thioether (sulfide) groups is 1. The van der Waals surface area contributed by atoms with Gasteiger partial charge >= 0.3 is 5.97 Å². The van der Waals surface area contributed by atoms with Crippen molar-refractivity contribution < 1.29 is 23.5 Å². The number of hydrogen-bond donors (Lipinski definition) is 1. The first kappa shape index (κ1) is 16.4.